The van der Waals surface area contributed by atoms with Crippen LogP contribution >= 0.6 is 0 Å². The van der Waals surface area contributed by atoms with Gasteiger partial charge in [0.15, 0.2) is 9.84 Å². The molecular formula is C31H38FN3O8S2. The second kappa shape index (κ2) is 12.4. The van der Waals surface area contributed by atoms with Gasteiger partial charge in [0, 0.05) is 43.8 Å². The monoisotopic (exact) mass is 663 g/mol. The number of sulfone groups is 1. The molecule has 3 aromatic rings. The highest BCUT2D eigenvalue weighted by Gasteiger charge is 2.45. The van der Waals surface area contributed by atoms with Crippen LogP contribution in [-0.4, -0.2) is 86.7 Å². The minimum Gasteiger partial charge on any atom is -0.491 e. The van der Waals surface area contributed by atoms with Crippen LogP contribution in [0, 0.1) is 5.82 Å². The molecule has 45 heavy (non-hydrogen) atoms. The van der Waals surface area contributed by atoms with E-state index in [1.165, 1.54) is 28.7 Å². The van der Waals surface area contributed by atoms with E-state index in [0.717, 1.165) is 6.07 Å². The zero-order chi connectivity index (χ0) is 32.0. The maximum Gasteiger partial charge on any atom is 0.248 e. The van der Waals surface area contributed by atoms with E-state index in [4.69, 9.17) is 9.47 Å². The fourth-order valence-corrected chi connectivity index (χ4v) is 9.49. The zero-order valence-corrected chi connectivity index (χ0v) is 26.7. The van der Waals surface area contributed by atoms with E-state index in [2.05, 4.69) is 5.32 Å². The Morgan fingerprint density at radius 3 is 2.60 bits per heavy atom. The number of hydrogen-bond acceptors (Lipinski definition) is 9. The van der Waals surface area contributed by atoms with Crippen LogP contribution in [-0.2, 0) is 31.1 Å². The highest BCUT2D eigenvalue weighted by molar-refractivity contribution is 7.92. The molecule has 3 fully saturated rings. The molecule has 1 aliphatic carbocycles. The van der Waals surface area contributed by atoms with Crippen molar-refractivity contribution in [2.24, 2.45) is 0 Å². The van der Waals surface area contributed by atoms with Crippen molar-refractivity contribution in [3.8, 4) is 5.75 Å². The van der Waals surface area contributed by atoms with Crippen LogP contribution in [0.5, 0.6) is 5.75 Å². The van der Waals surface area contributed by atoms with Crippen molar-refractivity contribution in [1.82, 2.24) is 14.2 Å². The molecule has 1 saturated carbocycles. The summed E-state index contributed by atoms with van der Waals surface area (Å²) in [5.41, 5.74) is -0.757. The number of sulfonamides is 1. The van der Waals surface area contributed by atoms with Gasteiger partial charge in [-0.2, -0.15) is 4.31 Å². The highest BCUT2D eigenvalue weighted by Crippen LogP contribution is 2.37. The van der Waals surface area contributed by atoms with Gasteiger partial charge in [0.25, 0.3) is 0 Å². The predicted molar refractivity (Wildman–Crippen MR) is 165 cm³/mol. The summed E-state index contributed by atoms with van der Waals surface area (Å²) in [4.78, 5) is 13.1. The van der Waals surface area contributed by atoms with E-state index in [-0.39, 0.29) is 52.7 Å². The van der Waals surface area contributed by atoms with Crippen LogP contribution in [0.4, 0.5) is 4.39 Å². The van der Waals surface area contributed by atoms with Crippen LogP contribution in [0.2, 0.25) is 0 Å². The summed E-state index contributed by atoms with van der Waals surface area (Å²) in [5, 5.41) is 13.5. The van der Waals surface area contributed by atoms with Gasteiger partial charge in [0.1, 0.15) is 29.2 Å². The molecule has 2 aliphatic heterocycles. The van der Waals surface area contributed by atoms with Gasteiger partial charge in [-0.25, -0.2) is 21.2 Å². The van der Waals surface area contributed by atoms with Gasteiger partial charge in [-0.15, -0.1) is 0 Å². The Morgan fingerprint density at radius 1 is 1.13 bits per heavy atom. The van der Waals surface area contributed by atoms with Crippen molar-refractivity contribution >= 4 is 30.8 Å². The second-order valence-corrected chi connectivity index (χ2v) is 16.3. The Bertz CT molecular complexity index is 1850. The first-order chi connectivity index (χ1) is 21.4. The summed E-state index contributed by atoms with van der Waals surface area (Å²) < 4.78 is 80.9. The third-order valence-corrected chi connectivity index (χ3v) is 13.1. The number of aromatic nitrogens is 1. The Hall–Kier alpha value is -2.88. The molecule has 0 bridgehead atoms. The predicted octanol–water partition coefficient (Wildman–Crippen LogP) is 2.44. The molecule has 1 aromatic heterocycles. The summed E-state index contributed by atoms with van der Waals surface area (Å²) in [6.07, 6.45) is 3.37. The molecule has 3 heterocycles. The lowest BCUT2D eigenvalue weighted by molar-refractivity contribution is -0.0312. The molecule has 2 N–H and O–H groups in total. The number of rotatable bonds is 11. The normalized spacial score (nSPS) is 21.4. The van der Waals surface area contributed by atoms with Gasteiger partial charge in [0.05, 0.1) is 27.9 Å². The van der Waals surface area contributed by atoms with Crippen molar-refractivity contribution in [2.75, 3.05) is 32.8 Å². The van der Waals surface area contributed by atoms with Crippen LogP contribution in [0.1, 0.15) is 39.0 Å². The fraction of sp³-hybridized carbons (Fsp3) is 0.516. The molecule has 2 saturated heterocycles. The van der Waals surface area contributed by atoms with Gasteiger partial charge >= 0.3 is 0 Å². The lowest BCUT2D eigenvalue weighted by atomic mass is 9.88. The minimum atomic E-state index is -4.13. The number of benzene rings is 2. The van der Waals surface area contributed by atoms with E-state index < -0.39 is 42.8 Å². The third-order valence-electron chi connectivity index (χ3n) is 8.99. The number of aryl methyl sites for hydroxylation is 1. The third kappa shape index (κ3) is 6.54. The number of aliphatic hydroxyl groups excluding tert-OH is 1. The van der Waals surface area contributed by atoms with Crippen LogP contribution in [0.25, 0.3) is 10.9 Å². The Labute approximate surface area is 261 Å². The first-order valence-electron chi connectivity index (χ1n) is 15.3. The van der Waals surface area contributed by atoms with E-state index in [9.17, 15) is 31.1 Å². The number of fused-ring (bicyclic) bond motifs is 1. The molecule has 0 amide bonds. The van der Waals surface area contributed by atoms with Crippen molar-refractivity contribution < 1.29 is 35.8 Å². The molecule has 0 radical (unpaired) electrons. The minimum absolute atomic E-state index is 0.0212. The largest absolute Gasteiger partial charge is 0.491 e. The molecule has 1 spiro atoms. The smallest absolute Gasteiger partial charge is 0.248 e. The molecule has 14 heteroatoms. The van der Waals surface area contributed by atoms with Crippen molar-refractivity contribution in [3.05, 3.63) is 64.7 Å². The summed E-state index contributed by atoms with van der Waals surface area (Å²) in [6.45, 7) is 3.20. The molecule has 6 rings (SSSR count). The molecular weight excluding hydrogens is 625 g/mol. The molecule has 11 nitrogen and oxygen atoms in total. The van der Waals surface area contributed by atoms with Crippen LogP contribution in [0.3, 0.4) is 0 Å². The number of piperidine rings is 1. The van der Waals surface area contributed by atoms with Gasteiger partial charge in [0.2, 0.25) is 15.5 Å². The number of pyridine rings is 1. The number of halogens is 1. The maximum absolute atomic E-state index is 14.0. The lowest BCUT2D eigenvalue weighted by Crippen LogP contribution is -2.47. The molecule has 3 aliphatic rings. The lowest BCUT2D eigenvalue weighted by Gasteiger charge is -2.38. The number of aliphatic hydroxyl groups is 1. The van der Waals surface area contributed by atoms with Gasteiger partial charge < -0.3 is 24.5 Å². The summed E-state index contributed by atoms with van der Waals surface area (Å²) >= 11 is 0. The molecule has 244 valence electrons. The number of ether oxygens (including phenoxy) is 2. The first-order valence-corrected chi connectivity index (χ1v) is 18.3. The summed E-state index contributed by atoms with van der Waals surface area (Å²) in [7, 11) is -7.46. The van der Waals surface area contributed by atoms with Crippen molar-refractivity contribution in [1.29, 1.82) is 0 Å². The van der Waals surface area contributed by atoms with Gasteiger partial charge in [-0.3, -0.25) is 4.79 Å². The average molecular weight is 664 g/mol. The summed E-state index contributed by atoms with van der Waals surface area (Å²) in [5.74, 6) is -0.227. The second-order valence-electron chi connectivity index (χ2n) is 12.2. The Kier molecular flexibility index (Phi) is 8.82. The molecule has 2 aromatic carbocycles. The number of nitrogens with zero attached hydrogens (tertiary/aromatic N) is 2. The van der Waals surface area contributed by atoms with E-state index in [1.807, 2.05) is 6.92 Å². The quantitative estimate of drug-likeness (QED) is 0.316. The SMILES string of the molecule is CCn1cc(S(=O)(=O)N2CCC3(CC2)C[C@@H](NCC(O)COc2cccc(S(=O)(=O)C4CC4)c2)CO3)c(=O)c2cc(F)ccc21. The first kappa shape index (κ1) is 32.1. The Morgan fingerprint density at radius 2 is 1.89 bits per heavy atom. The van der Waals surface area contributed by atoms with Crippen molar-refractivity contribution in [3.63, 3.8) is 0 Å². The highest BCUT2D eigenvalue weighted by atomic mass is 32.2. The fourth-order valence-electron chi connectivity index (χ4n) is 6.25. The van der Waals surface area contributed by atoms with E-state index in [1.54, 1.807) is 22.8 Å². The molecule has 1 unspecified atom stereocenters. The van der Waals surface area contributed by atoms with Gasteiger partial charge in [-0.05, 0) is 75.4 Å². The van der Waals surface area contributed by atoms with Crippen LogP contribution in [0.15, 0.2) is 63.2 Å². The topological polar surface area (TPSA) is 144 Å². The van der Waals surface area contributed by atoms with Crippen molar-refractivity contribution in [2.45, 2.75) is 78.4 Å². The molecule has 2 atom stereocenters. The van der Waals surface area contributed by atoms with Crippen LogP contribution < -0.4 is 15.5 Å². The average Bonchev–Trinajstić information content (AvgIpc) is 3.83. The summed E-state index contributed by atoms with van der Waals surface area (Å²) in [6, 6.07) is 10.1. The van der Waals surface area contributed by atoms with E-state index in [0.29, 0.717) is 56.5 Å². The zero-order valence-electron chi connectivity index (χ0n) is 25.0. The maximum atomic E-state index is 14.0. The number of hydrogen-bond donors (Lipinski definition) is 2. The van der Waals surface area contributed by atoms with E-state index >= 15 is 0 Å². The number of nitrogens with one attached hydrogen (secondary N) is 1. The van der Waals surface area contributed by atoms with Gasteiger partial charge in [-0.1, -0.05) is 6.07 Å². The standard InChI is InChI=1S/C31H38FN3O8S2/c1-2-34-18-29(30(37)27-14-21(32)6-9-28(27)34)45(40,41)35-12-10-31(11-13-35)16-22(19-43-31)33-17-23(36)20-42-24-4-3-5-26(15-24)44(38,39)25-7-8-25/h3-6,9,14-15,18,22-23,25,33,36H,2,7-8,10-13,16-17,19-20H2,1H3/t22-,23?/m1/s1. The Balaban J connectivity index is 1.02.